The lowest BCUT2D eigenvalue weighted by molar-refractivity contribution is 0.0599. The average Bonchev–Trinajstić information content (AvgIpc) is 3.21. The summed E-state index contributed by atoms with van der Waals surface area (Å²) >= 11 is 0. The van der Waals surface area contributed by atoms with Crippen LogP contribution in [0.1, 0.15) is 34.5 Å². The van der Waals surface area contributed by atoms with E-state index in [1.807, 2.05) is 0 Å². The van der Waals surface area contributed by atoms with Gasteiger partial charge < -0.3 is 14.4 Å². The van der Waals surface area contributed by atoms with Crippen molar-refractivity contribution in [2.24, 2.45) is 0 Å². The highest BCUT2D eigenvalue weighted by molar-refractivity contribution is 5.88. The Morgan fingerprint density at radius 1 is 1.19 bits per heavy atom. The van der Waals surface area contributed by atoms with E-state index in [0.29, 0.717) is 17.6 Å². The van der Waals surface area contributed by atoms with Gasteiger partial charge in [0.05, 0.1) is 19.3 Å². The van der Waals surface area contributed by atoms with Crippen LogP contribution >= 0.6 is 0 Å². The van der Waals surface area contributed by atoms with Crippen molar-refractivity contribution < 1.29 is 14.3 Å². The number of ether oxygens (including phenoxy) is 2. The Labute approximate surface area is 158 Å². The summed E-state index contributed by atoms with van der Waals surface area (Å²) in [7, 11) is 1.35. The second-order valence-electron chi connectivity index (χ2n) is 6.93. The van der Waals surface area contributed by atoms with Crippen molar-refractivity contribution in [1.29, 1.82) is 0 Å². The van der Waals surface area contributed by atoms with E-state index in [9.17, 15) is 4.79 Å². The molecule has 0 saturated carbocycles. The van der Waals surface area contributed by atoms with Crippen LogP contribution in [0.25, 0.3) is 0 Å². The molecule has 27 heavy (non-hydrogen) atoms. The molecule has 2 aromatic rings. The van der Waals surface area contributed by atoms with Crippen molar-refractivity contribution in [2.75, 3.05) is 44.8 Å². The maximum Gasteiger partial charge on any atom is 0.341 e. The molecule has 0 N–H and O–H groups in total. The second kappa shape index (κ2) is 7.52. The number of anilines is 1. The second-order valence-corrected chi connectivity index (χ2v) is 6.93. The molecule has 0 radical (unpaired) electrons. The van der Waals surface area contributed by atoms with Crippen LogP contribution in [0.15, 0.2) is 30.6 Å². The number of rotatable bonds is 4. The Morgan fingerprint density at radius 3 is 2.63 bits per heavy atom. The molecule has 1 atom stereocenters. The van der Waals surface area contributed by atoms with E-state index in [2.05, 4.69) is 49.6 Å². The van der Waals surface area contributed by atoms with Crippen LogP contribution in [0.2, 0.25) is 0 Å². The summed E-state index contributed by atoms with van der Waals surface area (Å²) in [6, 6.07) is 6.94. The molecule has 3 heterocycles. The molecule has 1 fully saturated rings. The van der Waals surface area contributed by atoms with Crippen LogP contribution in [-0.4, -0.2) is 60.7 Å². The number of fused-ring (bicyclic) bond motifs is 1. The minimum atomic E-state index is -0.418. The molecule has 1 aromatic carbocycles. The largest absolute Gasteiger partial charge is 0.493 e. The Kier molecular flexibility index (Phi) is 4.94. The van der Waals surface area contributed by atoms with Crippen molar-refractivity contribution in [3.63, 3.8) is 0 Å². The maximum absolute atomic E-state index is 11.5. The molecule has 142 valence electrons. The van der Waals surface area contributed by atoms with Gasteiger partial charge in [0.25, 0.3) is 0 Å². The molecule has 7 heteroatoms. The molecule has 1 aromatic heterocycles. The zero-order chi connectivity index (χ0) is 18.8. The van der Waals surface area contributed by atoms with E-state index in [1.165, 1.54) is 30.6 Å². The number of hydrogen-bond acceptors (Lipinski definition) is 7. The normalized spacial score (nSPS) is 17.9. The zero-order valence-electron chi connectivity index (χ0n) is 15.7. The number of methoxy groups -OCH3 is 1. The summed E-state index contributed by atoms with van der Waals surface area (Å²) in [5.74, 6) is 1.27. The Bertz CT molecular complexity index is 816. The lowest BCUT2D eigenvalue weighted by atomic mass is 10.0. The minimum Gasteiger partial charge on any atom is -0.493 e. The molecule has 1 saturated heterocycles. The number of benzene rings is 1. The fraction of sp³-hybridized carbons (Fsp3) is 0.450. The van der Waals surface area contributed by atoms with E-state index in [-0.39, 0.29) is 0 Å². The number of nitrogens with zero attached hydrogens (tertiary/aromatic N) is 4. The molecule has 4 rings (SSSR count). The predicted octanol–water partition coefficient (Wildman–Crippen LogP) is 2.08. The van der Waals surface area contributed by atoms with Crippen LogP contribution in [0, 0.1) is 0 Å². The van der Waals surface area contributed by atoms with Crippen molar-refractivity contribution in [1.82, 2.24) is 14.9 Å². The number of carbonyl (C=O) groups excluding carboxylic acids is 1. The maximum atomic E-state index is 11.5. The van der Waals surface area contributed by atoms with E-state index in [1.54, 1.807) is 0 Å². The molecular weight excluding hydrogens is 344 g/mol. The quantitative estimate of drug-likeness (QED) is 0.766. The van der Waals surface area contributed by atoms with Gasteiger partial charge in [0.1, 0.15) is 5.75 Å². The number of carbonyl (C=O) groups is 1. The van der Waals surface area contributed by atoms with Gasteiger partial charge in [-0.15, -0.1) is 0 Å². The lowest BCUT2D eigenvalue weighted by Gasteiger charge is -2.38. The van der Waals surface area contributed by atoms with Gasteiger partial charge in [-0.25, -0.2) is 14.8 Å². The van der Waals surface area contributed by atoms with Gasteiger partial charge in [0, 0.05) is 51.0 Å². The topological polar surface area (TPSA) is 67.8 Å². The van der Waals surface area contributed by atoms with Gasteiger partial charge in [-0.1, -0.05) is 12.1 Å². The molecule has 7 nitrogen and oxygen atoms in total. The molecule has 0 amide bonds. The highest BCUT2D eigenvalue weighted by Gasteiger charge is 2.24. The first-order valence-electron chi connectivity index (χ1n) is 9.30. The SMILES string of the molecule is COC(=O)c1cnc(N2CCN(C(C)c3ccc4c(c3)OCC4)CC2)nc1. The van der Waals surface area contributed by atoms with Crippen LogP contribution in [0.3, 0.4) is 0 Å². The molecule has 0 aliphatic carbocycles. The van der Waals surface area contributed by atoms with Gasteiger partial charge in [-0.05, 0) is 24.1 Å². The van der Waals surface area contributed by atoms with Gasteiger partial charge in [-0.2, -0.15) is 0 Å². The van der Waals surface area contributed by atoms with Crippen molar-refractivity contribution in [2.45, 2.75) is 19.4 Å². The Morgan fingerprint density at radius 2 is 1.93 bits per heavy atom. The summed E-state index contributed by atoms with van der Waals surface area (Å²) in [4.78, 5) is 24.7. The number of aromatic nitrogens is 2. The first kappa shape index (κ1) is 17.7. The van der Waals surface area contributed by atoms with Gasteiger partial charge in [0.15, 0.2) is 0 Å². The monoisotopic (exact) mass is 368 g/mol. The smallest absolute Gasteiger partial charge is 0.341 e. The standard InChI is InChI=1S/C20H24N4O3/c1-14(16-4-3-15-5-10-27-18(15)11-16)23-6-8-24(9-7-23)20-21-12-17(13-22-20)19(25)26-2/h3-4,11-14H,5-10H2,1-2H3. The van der Waals surface area contributed by atoms with Crippen molar-refractivity contribution in [3.8, 4) is 5.75 Å². The average molecular weight is 368 g/mol. The summed E-state index contributed by atoms with van der Waals surface area (Å²) < 4.78 is 10.4. The van der Waals surface area contributed by atoms with Crippen LogP contribution in [0.5, 0.6) is 5.75 Å². The van der Waals surface area contributed by atoms with E-state index >= 15 is 0 Å². The third-order valence-corrected chi connectivity index (χ3v) is 5.41. The van der Waals surface area contributed by atoms with E-state index in [0.717, 1.165) is 45.0 Å². The number of esters is 1. The summed E-state index contributed by atoms with van der Waals surface area (Å²) in [5.41, 5.74) is 2.97. The highest BCUT2D eigenvalue weighted by atomic mass is 16.5. The molecule has 1 unspecified atom stereocenters. The van der Waals surface area contributed by atoms with Crippen LogP contribution in [-0.2, 0) is 11.2 Å². The zero-order valence-corrected chi connectivity index (χ0v) is 15.7. The Hall–Kier alpha value is -2.67. The number of piperazine rings is 1. The van der Waals surface area contributed by atoms with Crippen molar-refractivity contribution in [3.05, 3.63) is 47.3 Å². The fourth-order valence-corrected chi connectivity index (χ4v) is 3.67. The predicted molar refractivity (Wildman–Crippen MR) is 101 cm³/mol. The summed E-state index contributed by atoms with van der Waals surface area (Å²) in [6.45, 7) is 6.60. The van der Waals surface area contributed by atoms with Crippen LogP contribution < -0.4 is 9.64 Å². The van der Waals surface area contributed by atoms with Gasteiger partial charge in [0.2, 0.25) is 5.95 Å². The lowest BCUT2D eigenvalue weighted by Crippen LogP contribution is -2.47. The molecule has 0 spiro atoms. The number of hydrogen-bond donors (Lipinski definition) is 0. The van der Waals surface area contributed by atoms with Gasteiger partial charge in [-0.3, -0.25) is 4.90 Å². The summed E-state index contributed by atoms with van der Waals surface area (Å²) in [6.07, 6.45) is 4.05. The summed E-state index contributed by atoms with van der Waals surface area (Å²) in [5, 5.41) is 0. The molecule has 2 aliphatic heterocycles. The van der Waals surface area contributed by atoms with Crippen molar-refractivity contribution >= 4 is 11.9 Å². The molecular formula is C20H24N4O3. The van der Waals surface area contributed by atoms with E-state index < -0.39 is 5.97 Å². The van der Waals surface area contributed by atoms with Gasteiger partial charge >= 0.3 is 5.97 Å². The first-order chi connectivity index (χ1) is 13.2. The first-order valence-corrected chi connectivity index (χ1v) is 9.30. The third kappa shape index (κ3) is 3.60. The third-order valence-electron chi connectivity index (χ3n) is 5.41. The molecule has 2 aliphatic rings. The van der Waals surface area contributed by atoms with Crippen LogP contribution in [0.4, 0.5) is 5.95 Å². The van der Waals surface area contributed by atoms with E-state index in [4.69, 9.17) is 4.74 Å². The molecule has 0 bridgehead atoms. The fourth-order valence-electron chi connectivity index (χ4n) is 3.67. The Balaban J connectivity index is 1.37. The highest BCUT2D eigenvalue weighted by Crippen LogP contribution is 2.31. The minimum absolute atomic E-state index is 0.337.